The molecule has 1 nitrogen and oxygen atoms in total. The SMILES string of the molecule is C[C@@H]1CC2(CN1C)CC(Cl)(Cl)C2. The van der Waals surface area contributed by atoms with Crippen molar-refractivity contribution in [3.63, 3.8) is 0 Å². The van der Waals surface area contributed by atoms with Crippen molar-refractivity contribution < 1.29 is 0 Å². The second-order valence-corrected chi connectivity index (χ2v) is 6.32. The van der Waals surface area contributed by atoms with Gasteiger partial charge in [0.05, 0.1) is 0 Å². The fraction of sp³-hybridized carbons (Fsp3) is 1.00. The normalized spacial score (nSPS) is 38.5. The van der Waals surface area contributed by atoms with Crippen molar-refractivity contribution in [3.05, 3.63) is 0 Å². The van der Waals surface area contributed by atoms with E-state index in [-0.39, 0.29) is 0 Å². The Morgan fingerprint density at radius 3 is 2.25 bits per heavy atom. The molecule has 1 aliphatic heterocycles. The Hall–Kier alpha value is 0.540. The van der Waals surface area contributed by atoms with Crippen LogP contribution >= 0.6 is 23.2 Å². The third-order valence-corrected chi connectivity index (χ3v) is 3.87. The molecule has 0 amide bonds. The van der Waals surface area contributed by atoms with Crippen molar-refractivity contribution in [3.8, 4) is 0 Å². The molecule has 0 bridgehead atoms. The van der Waals surface area contributed by atoms with Gasteiger partial charge in [-0.2, -0.15) is 0 Å². The van der Waals surface area contributed by atoms with Crippen LogP contribution < -0.4 is 0 Å². The molecule has 0 aromatic rings. The quantitative estimate of drug-likeness (QED) is 0.553. The molecular formula is C9H15Cl2N. The zero-order valence-electron chi connectivity index (χ0n) is 7.61. The standard InChI is InChI=1S/C9H15Cl2N/c1-7-3-8(6-12(7)2)4-9(10,11)5-8/h7H,3-6H2,1-2H3/t7-/m1/s1. The number of hydrogen-bond donors (Lipinski definition) is 0. The van der Waals surface area contributed by atoms with Gasteiger partial charge in [0.15, 0.2) is 0 Å². The molecule has 2 rings (SSSR count). The number of alkyl halides is 2. The van der Waals surface area contributed by atoms with Crippen molar-refractivity contribution in [2.24, 2.45) is 5.41 Å². The second-order valence-electron chi connectivity index (χ2n) is 4.68. The Morgan fingerprint density at radius 2 is 1.92 bits per heavy atom. The van der Waals surface area contributed by atoms with E-state index in [0.717, 1.165) is 12.8 Å². The van der Waals surface area contributed by atoms with Crippen LogP contribution in [0.1, 0.15) is 26.2 Å². The van der Waals surface area contributed by atoms with E-state index in [9.17, 15) is 0 Å². The largest absolute Gasteiger partial charge is 0.303 e. The maximum Gasteiger partial charge on any atom is 0.119 e. The van der Waals surface area contributed by atoms with Gasteiger partial charge < -0.3 is 4.90 Å². The minimum absolute atomic E-state index is 0.412. The first-order valence-electron chi connectivity index (χ1n) is 4.51. The minimum Gasteiger partial charge on any atom is -0.303 e. The maximum atomic E-state index is 6.02. The van der Waals surface area contributed by atoms with Crippen molar-refractivity contribution in [2.75, 3.05) is 13.6 Å². The average molecular weight is 208 g/mol. The van der Waals surface area contributed by atoms with Gasteiger partial charge in [0.1, 0.15) is 4.33 Å². The molecule has 1 aliphatic carbocycles. The Bertz CT molecular complexity index is 175. The topological polar surface area (TPSA) is 3.24 Å². The Kier molecular flexibility index (Phi) is 1.92. The summed E-state index contributed by atoms with van der Waals surface area (Å²) in [6, 6.07) is 0.703. The number of rotatable bonds is 0. The summed E-state index contributed by atoms with van der Waals surface area (Å²) in [5.41, 5.74) is 0.456. The summed E-state index contributed by atoms with van der Waals surface area (Å²) in [5, 5.41) is 0. The van der Waals surface area contributed by atoms with Gasteiger partial charge >= 0.3 is 0 Å². The maximum absolute atomic E-state index is 6.02. The molecule has 0 aromatic heterocycles. The van der Waals surface area contributed by atoms with E-state index in [1.807, 2.05) is 0 Å². The van der Waals surface area contributed by atoms with Crippen molar-refractivity contribution in [1.29, 1.82) is 0 Å². The highest BCUT2D eigenvalue weighted by Crippen LogP contribution is 2.59. The third-order valence-electron chi connectivity index (χ3n) is 3.33. The monoisotopic (exact) mass is 207 g/mol. The number of hydrogen-bond acceptors (Lipinski definition) is 1. The first-order valence-corrected chi connectivity index (χ1v) is 5.26. The Morgan fingerprint density at radius 1 is 1.33 bits per heavy atom. The lowest BCUT2D eigenvalue weighted by Gasteiger charge is -2.47. The zero-order chi connectivity index (χ0) is 8.98. The van der Waals surface area contributed by atoms with Crippen LogP contribution in [0.4, 0.5) is 0 Å². The Labute approximate surface area is 84.0 Å². The summed E-state index contributed by atoms with van der Waals surface area (Å²) in [4.78, 5) is 2.41. The van der Waals surface area contributed by atoms with E-state index in [0.29, 0.717) is 11.5 Å². The van der Waals surface area contributed by atoms with Gasteiger partial charge in [0, 0.05) is 12.6 Å². The molecule has 1 saturated heterocycles. The van der Waals surface area contributed by atoms with Crippen LogP contribution in [-0.4, -0.2) is 28.9 Å². The van der Waals surface area contributed by atoms with Gasteiger partial charge in [-0.3, -0.25) is 0 Å². The first kappa shape index (κ1) is 9.11. The predicted octanol–water partition coefficient (Wildman–Crippen LogP) is 2.66. The highest BCUT2D eigenvalue weighted by molar-refractivity contribution is 6.49. The Balaban J connectivity index is 2.01. The molecule has 1 heterocycles. The lowest BCUT2D eigenvalue weighted by molar-refractivity contribution is 0.131. The molecule has 3 heteroatoms. The van der Waals surface area contributed by atoms with Gasteiger partial charge in [-0.1, -0.05) is 0 Å². The van der Waals surface area contributed by atoms with E-state index >= 15 is 0 Å². The molecule has 2 fully saturated rings. The summed E-state index contributed by atoms with van der Waals surface area (Å²) in [6.45, 7) is 3.45. The van der Waals surface area contributed by atoms with E-state index in [1.54, 1.807) is 0 Å². The molecule has 2 aliphatic rings. The van der Waals surface area contributed by atoms with Crippen molar-refractivity contribution in [2.45, 2.75) is 36.6 Å². The molecule has 70 valence electrons. The summed E-state index contributed by atoms with van der Waals surface area (Å²) in [5.74, 6) is 0. The molecular weight excluding hydrogens is 193 g/mol. The van der Waals surface area contributed by atoms with Crippen LogP contribution in [-0.2, 0) is 0 Å². The third kappa shape index (κ3) is 1.36. The summed E-state index contributed by atoms with van der Waals surface area (Å²) >= 11 is 12.0. The van der Waals surface area contributed by atoms with E-state index < -0.39 is 4.33 Å². The van der Waals surface area contributed by atoms with E-state index in [1.165, 1.54) is 13.0 Å². The van der Waals surface area contributed by atoms with Gasteiger partial charge in [0.2, 0.25) is 0 Å². The van der Waals surface area contributed by atoms with Gasteiger partial charge in [0.25, 0.3) is 0 Å². The van der Waals surface area contributed by atoms with E-state index in [2.05, 4.69) is 18.9 Å². The number of halogens is 2. The minimum atomic E-state index is -0.412. The first-order chi connectivity index (χ1) is 5.43. The van der Waals surface area contributed by atoms with Crippen molar-refractivity contribution in [1.82, 2.24) is 4.90 Å². The van der Waals surface area contributed by atoms with Gasteiger partial charge in [-0.15, -0.1) is 23.2 Å². The highest BCUT2D eigenvalue weighted by Gasteiger charge is 2.56. The molecule has 0 N–H and O–H groups in total. The number of likely N-dealkylation sites (tertiary alicyclic amines) is 1. The zero-order valence-corrected chi connectivity index (χ0v) is 9.12. The van der Waals surface area contributed by atoms with E-state index in [4.69, 9.17) is 23.2 Å². The van der Waals surface area contributed by atoms with Crippen LogP contribution in [0.25, 0.3) is 0 Å². The molecule has 12 heavy (non-hydrogen) atoms. The summed E-state index contributed by atoms with van der Waals surface area (Å²) < 4.78 is -0.412. The molecule has 0 radical (unpaired) electrons. The van der Waals surface area contributed by atoms with Crippen LogP contribution in [0, 0.1) is 5.41 Å². The van der Waals surface area contributed by atoms with Crippen molar-refractivity contribution >= 4 is 23.2 Å². The lowest BCUT2D eigenvalue weighted by atomic mass is 9.67. The lowest BCUT2D eigenvalue weighted by Crippen LogP contribution is -2.45. The van der Waals surface area contributed by atoms with Crippen LogP contribution in [0.3, 0.4) is 0 Å². The fourth-order valence-corrected chi connectivity index (χ4v) is 3.97. The van der Waals surface area contributed by atoms with Gasteiger partial charge in [-0.25, -0.2) is 0 Å². The summed E-state index contributed by atoms with van der Waals surface area (Å²) in [6.07, 6.45) is 3.24. The smallest absolute Gasteiger partial charge is 0.119 e. The van der Waals surface area contributed by atoms with Crippen LogP contribution in [0.2, 0.25) is 0 Å². The van der Waals surface area contributed by atoms with Gasteiger partial charge in [-0.05, 0) is 38.6 Å². The molecule has 1 saturated carbocycles. The predicted molar refractivity (Wildman–Crippen MR) is 52.8 cm³/mol. The average Bonchev–Trinajstić information content (AvgIpc) is 2.04. The molecule has 0 unspecified atom stereocenters. The van der Waals surface area contributed by atoms with Crippen LogP contribution in [0.15, 0.2) is 0 Å². The highest BCUT2D eigenvalue weighted by atomic mass is 35.5. The molecule has 0 aromatic carbocycles. The molecule has 1 atom stereocenters. The second kappa shape index (κ2) is 2.52. The number of nitrogens with zero attached hydrogens (tertiary/aromatic N) is 1. The van der Waals surface area contributed by atoms with Crippen LogP contribution in [0.5, 0.6) is 0 Å². The molecule has 1 spiro atoms. The summed E-state index contributed by atoms with van der Waals surface area (Å²) in [7, 11) is 2.18. The fourth-order valence-electron chi connectivity index (χ4n) is 2.83.